The van der Waals surface area contributed by atoms with E-state index in [2.05, 4.69) is 10.6 Å². The highest BCUT2D eigenvalue weighted by Crippen LogP contribution is 2.00. The number of carboxylic acids is 1. The summed E-state index contributed by atoms with van der Waals surface area (Å²) in [6, 6.07) is -1.25. The molecule has 106 valence electrons. The number of unbranched alkanes of at least 4 members (excludes halogenated alkanes) is 1. The number of aliphatic carboxylic acids is 1. The molecule has 0 aliphatic carbocycles. The highest BCUT2D eigenvalue weighted by Gasteiger charge is 2.18. The first-order valence-electron chi connectivity index (χ1n) is 5.86. The topological polar surface area (TPSA) is 87.7 Å². The number of hydrogen-bond donors (Lipinski definition) is 3. The van der Waals surface area contributed by atoms with Crippen LogP contribution in [0.1, 0.15) is 19.3 Å². The molecule has 3 N–H and O–H groups in total. The lowest BCUT2D eigenvalue weighted by Gasteiger charge is -2.14. The number of urea groups is 1. The van der Waals surface area contributed by atoms with E-state index in [1.807, 2.05) is 6.26 Å². The van der Waals surface area contributed by atoms with E-state index in [1.54, 1.807) is 18.9 Å². The molecule has 0 aliphatic heterocycles. The van der Waals surface area contributed by atoms with Gasteiger partial charge in [-0.15, -0.1) is 0 Å². The maximum Gasteiger partial charge on any atom is 0.326 e. The Hall–Kier alpha value is -0.950. The molecule has 18 heavy (non-hydrogen) atoms. The summed E-state index contributed by atoms with van der Waals surface area (Å²) in [6.07, 6.45) is 4.00. The maximum absolute atomic E-state index is 11.4. The molecular formula is C11H22N2O4S. The smallest absolute Gasteiger partial charge is 0.326 e. The van der Waals surface area contributed by atoms with Gasteiger partial charge in [0.1, 0.15) is 6.04 Å². The molecule has 0 heterocycles. The molecular weight excluding hydrogens is 256 g/mol. The van der Waals surface area contributed by atoms with Crippen molar-refractivity contribution in [2.75, 3.05) is 32.3 Å². The molecule has 0 spiro atoms. The van der Waals surface area contributed by atoms with Crippen LogP contribution in [0.2, 0.25) is 0 Å². The number of amides is 2. The van der Waals surface area contributed by atoms with Gasteiger partial charge in [0.15, 0.2) is 0 Å². The van der Waals surface area contributed by atoms with Crippen LogP contribution >= 0.6 is 11.8 Å². The molecule has 2 amide bonds. The fraction of sp³-hybridized carbons (Fsp3) is 0.818. The highest BCUT2D eigenvalue weighted by molar-refractivity contribution is 7.98. The minimum Gasteiger partial charge on any atom is -0.480 e. The first kappa shape index (κ1) is 17.1. The molecule has 0 saturated heterocycles. The first-order chi connectivity index (χ1) is 8.61. The van der Waals surface area contributed by atoms with Crippen molar-refractivity contribution in [2.45, 2.75) is 25.3 Å². The second-order valence-electron chi connectivity index (χ2n) is 3.77. The summed E-state index contributed by atoms with van der Waals surface area (Å²) in [5.41, 5.74) is 0. The summed E-state index contributed by atoms with van der Waals surface area (Å²) >= 11 is 1.55. The summed E-state index contributed by atoms with van der Waals surface area (Å²) in [4.78, 5) is 22.3. The minimum absolute atomic E-state index is 0.424. The van der Waals surface area contributed by atoms with E-state index < -0.39 is 18.0 Å². The van der Waals surface area contributed by atoms with Crippen LogP contribution in [0.15, 0.2) is 0 Å². The number of ether oxygens (including phenoxy) is 1. The minimum atomic E-state index is -1.00. The molecule has 7 heteroatoms. The van der Waals surface area contributed by atoms with Crippen molar-refractivity contribution in [1.29, 1.82) is 0 Å². The second kappa shape index (κ2) is 11.2. The Bertz CT molecular complexity index is 251. The number of carbonyl (C=O) groups excluding carboxylic acids is 1. The zero-order chi connectivity index (χ0) is 13.8. The Balaban J connectivity index is 3.77. The van der Waals surface area contributed by atoms with E-state index in [0.29, 0.717) is 25.3 Å². The van der Waals surface area contributed by atoms with Crippen molar-refractivity contribution in [3.63, 3.8) is 0 Å². The summed E-state index contributed by atoms with van der Waals surface area (Å²) in [6.45, 7) is 1.18. The molecule has 6 nitrogen and oxygen atoms in total. The van der Waals surface area contributed by atoms with Gasteiger partial charge in [0.25, 0.3) is 0 Å². The van der Waals surface area contributed by atoms with Crippen LogP contribution in [0.25, 0.3) is 0 Å². The van der Waals surface area contributed by atoms with Crippen LogP contribution in [-0.2, 0) is 9.53 Å². The monoisotopic (exact) mass is 278 g/mol. The van der Waals surface area contributed by atoms with Gasteiger partial charge in [-0.3, -0.25) is 0 Å². The Morgan fingerprint density at radius 2 is 2.11 bits per heavy atom. The maximum atomic E-state index is 11.4. The Morgan fingerprint density at radius 3 is 2.67 bits per heavy atom. The van der Waals surface area contributed by atoms with Crippen LogP contribution < -0.4 is 10.6 Å². The van der Waals surface area contributed by atoms with Crippen molar-refractivity contribution < 1.29 is 19.4 Å². The van der Waals surface area contributed by atoms with E-state index in [9.17, 15) is 9.59 Å². The average Bonchev–Trinajstić information content (AvgIpc) is 2.33. The van der Waals surface area contributed by atoms with Crippen molar-refractivity contribution in [3.05, 3.63) is 0 Å². The van der Waals surface area contributed by atoms with Crippen molar-refractivity contribution in [2.24, 2.45) is 0 Å². The van der Waals surface area contributed by atoms with Crippen LogP contribution in [-0.4, -0.2) is 55.4 Å². The van der Waals surface area contributed by atoms with E-state index in [0.717, 1.165) is 12.8 Å². The van der Waals surface area contributed by atoms with Gasteiger partial charge in [-0.05, 0) is 31.3 Å². The lowest BCUT2D eigenvalue weighted by atomic mass is 10.2. The summed E-state index contributed by atoms with van der Waals surface area (Å²) in [5, 5.41) is 14.0. The van der Waals surface area contributed by atoms with Gasteiger partial charge in [-0.2, -0.15) is 11.8 Å². The molecule has 0 rings (SSSR count). The zero-order valence-corrected chi connectivity index (χ0v) is 11.7. The van der Waals surface area contributed by atoms with Gasteiger partial charge in [0, 0.05) is 20.3 Å². The quantitative estimate of drug-likeness (QED) is 0.517. The molecule has 1 atom stereocenters. The predicted octanol–water partition coefficient (Wildman–Crippen LogP) is 0.919. The van der Waals surface area contributed by atoms with Crippen molar-refractivity contribution in [3.8, 4) is 0 Å². The van der Waals surface area contributed by atoms with E-state index >= 15 is 0 Å². The fourth-order valence-corrected chi connectivity index (χ4v) is 1.75. The van der Waals surface area contributed by atoms with Crippen LogP contribution in [0.5, 0.6) is 0 Å². The number of nitrogens with one attached hydrogen (secondary N) is 2. The molecule has 0 aromatic heterocycles. The summed E-state index contributed by atoms with van der Waals surface area (Å²) < 4.78 is 4.88. The summed E-state index contributed by atoms with van der Waals surface area (Å²) in [7, 11) is 1.63. The van der Waals surface area contributed by atoms with Crippen LogP contribution in [0.3, 0.4) is 0 Å². The van der Waals surface area contributed by atoms with Crippen LogP contribution in [0.4, 0.5) is 4.79 Å². The third-order valence-electron chi connectivity index (χ3n) is 2.27. The molecule has 0 radical (unpaired) electrons. The van der Waals surface area contributed by atoms with Gasteiger partial charge in [0.05, 0.1) is 0 Å². The van der Waals surface area contributed by atoms with Crippen LogP contribution in [0, 0.1) is 0 Å². The van der Waals surface area contributed by atoms with E-state index in [-0.39, 0.29) is 0 Å². The molecule has 0 aliphatic rings. The fourth-order valence-electron chi connectivity index (χ4n) is 1.28. The van der Waals surface area contributed by atoms with Crippen molar-refractivity contribution in [1.82, 2.24) is 10.6 Å². The van der Waals surface area contributed by atoms with Gasteiger partial charge in [-0.25, -0.2) is 9.59 Å². The normalized spacial score (nSPS) is 11.9. The highest BCUT2D eigenvalue weighted by atomic mass is 32.2. The average molecular weight is 278 g/mol. The second-order valence-corrected chi connectivity index (χ2v) is 4.76. The summed E-state index contributed by atoms with van der Waals surface area (Å²) in [5.74, 6) is -0.302. The number of rotatable bonds is 10. The first-order valence-corrected chi connectivity index (χ1v) is 7.26. The standard InChI is InChI=1S/C11H22N2O4S/c1-17-7-4-3-6-12-11(16)13-9(10(14)15)5-8-18-2/h9H,3-8H2,1-2H3,(H,14,15)(H2,12,13,16)/t9-/m0/s1. The Labute approximate surface area is 112 Å². The largest absolute Gasteiger partial charge is 0.480 e. The van der Waals surface area contributed by atoms with Gasteiger partial charge >= 0.3 is 12.0 Å². The third-order valence-corrected chi connectivity index (χ3v) is 2.92. The molecule has 0 unspecified atom stereocenters. The van der Waals surface area contributed by atoms with Gasteiger partial charge < -0.3 is 20.5 Å². The number of hydrogen-bond acceptors (Lipinski definition) is 4. The zero-order valence-electron chi connectivity index (χ0n) is 10.9. The number of methoxy groups -OCH3 is 1. The molecule has 0 saturated carbocycles. The molecule has 0 bridgehead atoms. The number of thioether (sulfide) groups is 1. The van der Waals surface area contributed by atoms with Crippen molar-refractivity contribution >= 4 is 23.8 Å². The lowest BCUT2D eigenvalue weighted by molar-refractivity contribution is -0.139. The molecule has 0 aromatic carbocycles. The Morgan fingerprint density at radius 1 is 1.39 bits per heavy atom. The Kier molecular flexibility index (Phi) is 10.6. The molecule has 0 fully saturated rings. The van der Waals surface area contributed by atoms with E-state index in [4.69, 9.17) is 9.84 Å². The van der Waals surface area contributed by atoms with E-state index in [1.165, 1.54) is 0 Å². The lowest BCUT2D eigenvalue weighted by Crippen LogP contribution is -2.46. The SMILES string of the molecule is COCCCCNC(=O)N[C@@H](CCSC)C(=O)O. The van der Waals surface area contributed by atoms with Gasteiger partial charge in [-0.1, -0.05) is 0 Å². The third kappa shape index (κ3) is 9.12. The number of carboxylic acid groups (broad SMARTS) is 1. The molecule has 0 aromatic rings. The number of carbonyl (C=O) groups is 2. The predicted molar refractivity (Wildman–Crippen MR) is 72.1 cm³/mol. The van der Waals surface area contributed by atoms with Gasteiger partial charge in [0.2, 0.25) is 0 Å².